The lowest BCUT2D eigenvalue weighted by Gasteiger charge is -2.14. The number of aromatic nitrogens is 1. The van der Waals surface area contributed by atoms with Crippen LogP contribution in [0.3, 0.4) is 0 Å². The van der Waals surface area contributed by atoms with Gasteiger partial charge in [0, 0.05) is 6.20 Å². The quantitative estimate of drug-likeness (QED) is 0.673. The molecule has 0 aliphatic carbocycles. The molecule has 1 aromatic heterocycles. The third kappa shape index (κ3) is 2.94. The molecular formula is C7H3BrF5NO2. The Morgan fingerprint density at radius 2 is 1.94 bits per heavy atom. The zero-order chi connectivity index (χ0) is 12.5. The van der Waals surface area contributed by atoms with Gasteiger partial charge in [-0.05, 0) is 15.9 Å². The van der Waals surface area contributed by atoms with E-state index in [1.807, 2.05) is 0 Å². The van der Waals surface area contributed by atoms with E-state index >= 15 is 0 Å². The normalized spacial score (nSPS) is 11.9. The number of alkyl halides is 5. The van der Waals surface area contributed by atoms with Crippen molar-refractivity contribution in [2.24, 2.45) is 0 Å². The summed E-state index contributed by atoms with van der Waals surface area (Å²) in [4.78, 5) is 3.23. The van der Waals surface area contributed by atoms with E-state index in [-0.39, 0.29) is 0 Å². The van der Waals surface area contributed by atoms with Gasteiger partial charge in [0.15, 0.2) is 16.1 Å². The number of hydrogen-bond acceptors (Lipinski definition) is 3. The van der Waals surface area contributed by atoms with E-state index in [2.05, 4.69) is 25.7 Å². The number of nitrogens with zero attached hydrogens (tertiary/aromatic N) is 1. The van der Waals surface area contributed by atoms with Crippen LogP contribution in [0.25, 0.3) is 0 Å². The molecule has 0 bridgehead atoms. The van der Waals surface area contributed by atoms with Crippen molar-refractivity contribution in [3.8, 4) is 11.5 Å². The zero-order valence-corrected chi connectivity index (χ0v) is 8.81. The van der Waals surface area contributed by atoms with E-state index in [1.165, 1.54) is 0 Å². The first kappa shape index (κ1) is 12.9. The Labute approximate surface area is 94.0 Å². The maximum atomic E-state index is 12.3. The van der Waals surface area contributed by atoms with Gasteiger partial charge in [-0.25, -0.2) is 13.8 Å². The summed E-state index contributed by atoms with van der Waals surface area (Å²) < 4.78 is 63.1. The molecule has 0 saturated carbocycles. The van der Waals surface area contributed by atoms with Crippen molar-refractivity contribution in [2.75, 3.05) is 0 Å². The van der Waals surface area contributed by atoms with Crippen molar-refractivity contribution in [1.82, 2.24) is 4.98 Å². The molecule has 0 unspecified atom stereocenters. The summed E-state index contributed by atoms with van der Waals surface area (Å²) in [7, 11) is 0. The van der Waals surface area contributed by atoms with Crippen molar-refractivity contribution in [3.05, 3.63) is 16.4 Å². The highest BCUT2D eigenvalue weighted by molar-refractivity contribution is 9.10. The van der Waals surface area contributed by atoms with E-state index < -0.39 is 34.5 Å². The van der Waals surface area contributed by atoms with Gasteiger partial charge in [0.2, 0.25) is 0 Å². The SMILES string of the molecule is Oc1c(Br)ncc(C(F)F)c1OC(F)(F)F. The standard InChI is InChI=1S/C7H3BrF5NO2/c8-5-3(15)4(16-7(11,12)13)2(1-14-5)6(9)10/h1,6,15H. The van der Waals surface area contributed by atoms with Gasteiger partial charge < -0.3 is 9.84 Å². The highest BCUT2D eigenvalue weighted by atomic mass is 79.9. The first-order valence-corrected chi connectivity index (χ1v) is 4.43. The van der Waals surface area contributed by atoms with Crippen LogP contribution in [0.5, 0.6) is 11.5 Å². The fourth-order valence-corrected chi connectivity index (χ4v) is 1.14. The van der Waals surface area contributed by atoms with E-state index in [0.717, 1.165) is 0 Å². The van der Waals surface area contributed by atoms with Crippen molar-refractivity contribution >= 4 is 15.9 Å². The maximum Gasteiger partial charge on any atom is 0.573 e. The number of pyridine rings is 1. The van der Waals surface area contributed by atoms with Crippen molar-refractivity contribution in [3.63, 3.8) is 0 Å². The Morgan fingerprint density at radius 1 is 1.38 bits per heavy atom. The molecule has 0 spiro atoms. The Kier molecular flexibility index (Phi) is 3.56. The molecule has 9 heteroatoms. The molecule has 1 N–H and O–H groups in total. The minimum atomic E-state index is -5.18. The predicted molar refractivity (Wildman–Crippen MR) is 45.2 cm³/mol. The highest BCUT2D eigenvalue weighted by Gasteiger charge is 2.35. The number of aromatic hydroxyl groups is 1. The summed E-state index contributed by atoms with van der Waals surface area (Å²) in [6.07, 6.45) is -7.94. The van der Waals surface area contributed by atoms with Crippen LogP contribution in [0, 0.1) is 0 Å². The van der Waals surface area contributed by atoms with Gasteiger partial charge in [-0.1, -0.05) is 0 Å². The molecule has 0 atom stereocenters. The van der Waals surface area contributed by atoms with Crippen LogP contribution in [0.2, 0.25) is 0 Å². The fraction of sp³-hybridized carbons (Fsp3) is 0.286. The van der Waals surface area contributed by atoms with E-state index in [0.29, 0.717) is 6.20 Å². The predicted octanol–water partition coefficient (Wildman–Crippen LogP) is 3.39. The molecule has 3 nitrogen and oxygen atoms in total. The van der Waals surface area contributed by atoms with Gasteiger partial charge in [-0.15, -0.1) is 13.2 Å². The van der Waals surface area contributed by atoms with Crippen LogP contribution < -0.4 is 4.74 Å². The molecule has 0 aliphatic rings. The van der Waals surface area contributed by atoms with Gasteiger partial charge in [-0.3, -0.25) is 0 Å². The minimum absolute atomic E-state index is 0.420. The van der Waals surface area contributed by atoms with Crippen molar-refractivity contribution in [1.29, 1.82) is 0 Å². The highest BCUT2D eigenvalue weighted by Crippen LogP contribution is 2.42. The summed E-state index contributed by atoms with van der Waals surface area (Å²) in [5.74, 6) is -2.49. The number of halogens is 6. The van der Waals surface area contributed by atoms with Crippen LogP contribution in [0.1, 0.15) is 12.0 Å². The summed E-state index contributed by atoms with van der Waals surface area (Å²) in [5, 5.41) is 9.12. The first-order chi connectivity index (χ1) is 7.22. The smallest absolute Gasteiger partial charge is 0.502 e. The third-order valence-electron chi connectivity index (χ3n) is 1.44. The van der Waals surface area contributed by atoms with Crippen molar-refractivity contribution < 1.29 is 31.8 Å². The zero-order valence-electron chi connectivity index (χ0n) is 7.23. The largest absolute Gasteiger partial charge is 0.573 e. The average Bonchev–Trinajstić information content (AvgIpc) is 2.10. The molecule has 90 valence electrons. The summed E-state index contributed by atoms with van der Waals surface area (Å²) in [6.45, 7) is 0. The fourth-order valence-electron chi connectivity index (χ4n) is 0.855. The second-order valence-electron chi connectivity index (χ2n) is 2.53. The molecule has 16 heavy (non-hydrogen) atoms. The van der Waals surface area contributed by atoms with E-state index in [4.69, 9.17) is 5.11 Å². The molecule has 0 aromatic carbocycles. The minimum Gasteiger partial charge on any atom is -0.502 e. The molecule has 0 amide bonds. The maximum absolute atomic E-state index is 12.3. The molecule has 0 radical (unpaired) electrons. The molecule has 1 aromatic rings. The lowest BCUT2D eigenvalue weighted by molar-refractivity contribution is -0.275. The van der Waals surface area contributed by atoms with Gasteiger partial charge >= 0.3 is 6.36 Å². The Bertz CT molecular complexity index is 395. The Morgan fingerprint density at radius 3 is 2.38 bits per heavy atom. The second-order valence-corrected chi connectivity index (χ2v) is 3.28. The average molecular weight is 308 g/mol. The van der Waals surface area contributed by atoms with Gasteiger partial charge in [0.05, 0.1) is 5.56 Å². The van der Waals surface area contributed by atoms with Gasteiger partial charge in [-0.2, -0.15) is 0 Å². The summed E-state index contributed by atoms with van der Waals surface area (Å²) in [5.41, 5.74) is -1.14. The number of hydrogen-bond donors (Lipinski definition) is 1. The second kappa shape index (κ2) is 4.40. The first-order valence-electron chi connectivity index (χ1n) is 3.63. The van der Waals surface area contributed by atoms with Crippen LogP contribution >= 0.6 is 15.9 Å². The van der Waals surface area contributed by atoms with Crippen LogP contribution in [0.4, 0.5) is 22.0 Å². The van der Waals surface area contributed by atoms with E-state index in [1.54, 1.807) is 0 Å². The lowest BCUT2D eigenvalue weighted by atomic mass is 10.2. The summed E-state index contributed by atoms with van der Waals surface area (Å²) in [6, 6.07) is 0. The molecule has 0 fully saturated rings. The van der Waals surface area contributed by atoms with Crippen LogP contribution in [-0.4, -0.2) is 16.5 Å². The Balaban J connectivity index is 3.26. The Hall–Kier alpha value is -1.12. The lowest BCUT2D eigenvalue weighted by Crippen LogP contribution is -2.18. The third-order valence-corrected chi connectivity index (χ3v) is 2.02. The van der Waals surface area contributed by atoms with Gasteiger partial charge in [0.1, 0.15) is 0 Å². The molecular weight excluding hydrogens is 305 g/mol. The van der Waals surface area contributed by atoms with Crippen molar-refractivity contribution in [2.45, 2.75) is 12.8 Å². The topological polar surface area (TPSA) is 42.4 Å². The number of rotatable bonds is 2. The summed E-state index contributed by atoms with van der Waals surface area (Å²) >= 11 is 2.58. The van der Waals surface area contributed by atoms with Gasteiger partial charge in [0.25, 0.3) is 6.43 Å². The van der Waals surface area contributed by atoms with Crippen LogP contribution in [0.15, 0.2) is 10.8 Å². The molecule has 0 aliphatic heterocycles. The number of ether oxygens (including phenoxy) is 1. The van der Waals surface area contributed by atoms with E-state index in [9.17, 15) is 22.0 Å². The molecule has 1 heterocycles. The molecule has 0 saturated heterocycles. The molecule has 1 rings (SSSR count). The monoisotopic (exact) mass is 307 g/mol. The van der Waals surface area contributed by atoms with Crippen LogP contribution in [-0.2, 0) is 0 Å².